The Balaban J connectivity index is 1.86. The van der Waals surface area contributed by atoms with Crippen LogP contribution in [0.2, 0.25) is 0 Å². The maximum Gasteiger partial charge on any atom is 0.244 e. The van der Waals surface area contributed by atoms with Gasteiger partial charge < -0.3 is 4.90 Å². The Morgan fingerprint density at radius 1 is 1.20 bits per heavy atom. The van der Waals surface area contributed by atoms with E-state index in [-0.39, 0.29) is 23.7 Å². The van der Waals surface area contributed by atoms with E-state index in [2.05, 4.69) is 5.10 Å². The number of amides is 1. The molecule has 1 amide bonds. The Bertz CT molecular complexity index is 984. The molecule has 1 aromatic heterocycles. The molecule has 0 aliphatic heterocycles. The average Bonchev–Trinajstić information content (AvgIpc) is 2.63. The summed E-state index contributed by atoms with van der Waals surface area (Å²) in [5, 5.41) is 4.57. The van der Waals surface area contributed by atoms with E-state index in [1.54, 1.807) is 56.4 Å². The molecule has 0 radical (unpaired) electrons. The van der Waals surface area contributed by atoms with E-state index >= 15 is 0 Å². The molecule has 6 heteroatoms. The topological polar surface area (TPSA) is 55.2 Å². The van der Waals surface area contributed by atoms with Gasteiger partial charge in [0.25, 0.3) is 0 Å². The highest BCUT2D eigenvalue weighted by Crippen LogP contribution is 2.22. The van der Waals surface area contributed by atoms with Crippen LogP contribution in [-0.4, -0.2) is 27.6 Å². The molecule has 0 spiro atoms. The molecule has 1 atom stereocenters. The van der Waals surface area contributed by atoms with Crippen molar-refractivity contribution in [3.8, 4) is 0 Å². The Hall–Kier alpha value is -3.02. The number of carbonyl (C=O) groups is 1. The molecular formula is C19H18FN3O2. The summed E-state index contributed by atoms with van der Waals surface area (Å²) in [5.41, 5.74) is 0.860. The molecule has 3 rings (SSSR count). The van der Waals surface area contributed by atoms with Crippen LogP contribution in [0.25, 0.3) is 10.9 Å². The Morgan fingerprint density at radius 2 is 1.88 bits per heavy atom. The molecule has 1 heterocycles. The average molecular weight is 339 g/mol. The summed E-state index contributed by atoms with van der Waals surface area (Å²) in [6.07, 6.45) is 1.20. The van der Waals surface area contributed by atoms with Crippen molar-refractivity contribution in [2.24, 2.45) is 0 Å². The van der Waals surface area contributed by atoms with Gasteiger partial charge in [-0.3, -0.25) is 14.3 Å². The third-order valence-corrected chi connectivity index (χ3v) is 4.38. The van der Waals surface area contributed by atoms with Crippen LogP contribution < -0.4 is 5.43 Å². The van der Waals surface area contributed by atoms with Crippen molar-refractivity contribution in [2.45, 2.75) is 19.5 Å². The second-order valence-electron chi connectivity index (χ2n) is 5.89. The summed E-state index contributed by atoms with van der Waals surface area (Å²) in [6.45, 7) is 1.74. The van der Waals surface area contributed by atoms with Gasteiger partial charge in [-0.15, -0.1) is 0 Å². The van der Waals surface area contributed by atoms with E-state index in [1.807, 2.05) is 0 Å². The molecule has 3 aromatic rings. The first kappa shape index (κ1) is 16.8. The summed E-state index contributed by atoms with van der Waals surface area (Å²) >= 11 is 0. The van der Waals surface area contributed by atoms with E-state index in [0.29, 0.717) is 16.5 Å². The van der Waals surface area contributed by atoms with Crippen molar-refractivity contribution in [1.82, 2.24) is 14.7 Å². The highest BCUT2D eigenvalue weighted by molar-refractivity contribution is 5.81. The van der Waals surface area contributed by atoms with Crippen LogP contribution in [0.5, 0.6) is 0 Å². The van der Waals surface area contributed by atoms with Crippen LogP contribution in [0.1, 0.15) is 18.5 Å². The van der Waals surface area contributed by atoms with Gasteiger partial charge in [0, 0.05) is 18.0 Å². The summed E-state index contributed by atoms with van der Waals surface area (Å²) in [4.78, 5) is 26.0. The lowest BCUT2D eigenvalue weighted by Gasteiger charge is -2.26. The zero-order chi connectivity index (χ0) is 18.0. The maximum absolute atomic E-state index is 14.0. The lowest BCUT2D eigenvalue weighted by Crippen LogP contribution is -2.33. The Kier molecular flexibility index (Phi) is 4.61. The predicted molar refractivity (Wildman–Crippen MR) is 93.6 cm³/mol. The summed E-state index contributed by atoms with van der Waals surface area (Å²) < 4.78 is 15.4. The minimum Gasteiger partial charge on any atom is -0.337 e. The van der Waals surface area contributed by atoms with Crippen molar-refractivity contribution < 1.29 is 9.18 Å². The zero-order valence-corrected chi connectivity index (χ0v) is 14.0. The van der Waals surface area contributed by atoms with Crippen LogP contribution in [-0.2, 0) is 11.3 Å². The molecule has 0 saturated carbocycles. The normalized spacial score (nSPS) is 12.1. The molecule has 0 bridgehead atoms. The molecule has 25 heavy (non-hydrogen) atoms. The molecule has 0 N–H and O–H groups in total. The zero-order valence-electron chi connectivity index (χ0n) is 14.0. The fraction of sp³-hybridized carbons (Fsp3) is 0.211. The predicted octanol–water partition coefficient (Wildman–Crippen LogP) is 2.76. The second kappa shape index (κ2) is 6.84. The van der Waals surface area contributed by atoms with Gasteiger partial charge >= 0.3 is 0 Å². The van der Waals surface area contributed by atoms with E-state index in [1.165, 1.54) is 21.8 Å². The number of rotatable bonds is 4. The van der Waals surface area contributed by atoms with Gasteiger partial charge in [-0.05, 0) is 25.1 Å². The number of nitrogens with zero attached hydrogens (tertiary/aromatic N) is 3. The number of fused-ring (bicyclic) bond motifs is 1. The first-order chi connectivity index (χ1) is 12.0. The van der Waals surface area contributed by atoms with Crippen molar-refractivity contribution in [3.05, 3.63) is 76.3 Å². The van der Waals surface area contributed by atoms with Gasteiger partial charge in [0.2, 0.25) is 11.3 Å². The highest BCUT2D eigenvalue weighted by atomic mass is 19.1. The number of halogens is 1. The Labute approximate surface area is 144 Å². The van der Waals surface area contributed by atoms with E-state index in [0.717, 1.165) is 0 Å². The first-order valence-corrected chi connectivity index (χ1v) is 7.94. The second-order valence-corrected chi connectivity index (χ2v) is 5.89. The molecule has 1 unspecified atom stereocenters. The number of carbonyl (C=O) groups excluding carboxylic acids is 1. The van der Waals surface area contributed by atoms with Gasteiger partial charge in [0.1, 0.15) is 12.4 Å². The number of aromatic nitrogens is 2. The van der Waals surface area contributed by atoms with Crippen molar-refractivity contribution in [2.75, 3.05) is 7.05 Å². The van der Waals surface area contributed by atoms with Gasteiger partial charge in [-0.25, -0.2) is 4.39 Å². The van der Waals surface area contributed by atoms with Gasteiger partial charge in [-0.2, -0.15) is 5.10 Å². The highest BCUT2D eigenvalue weighted by Gasteiger charge is 2.20. The van der Waals surface area contributed by atoms with Gasteiger partial charge in [0.15, 0.2) is 0 Å². The maximum atomic E-state index is 14.0. The van der Waals surface area contributed by atoms with E-state index in [9.17, 15) is 14.0 Å². The third-order valence-electron chi connectivity index (χ3n) is 4.38. The van der Waals surface area contributed by atoms with Gasteiger partial charge in [-0.1, -0.05) is 30.3 Å². The molecular weight excluding hydrogens is 321 g/mol. The molecule has 2 aromatic carbocycles. The van der Waals surface area contributed by atoms with Crippen LogP contribution in [0, 0.1) is 5.82 Å². The number of hydrogen-bond acceptors (Lipinski definition) is 3. The molecule has 128 valence electrons. The van der Waals surface area contributed by atoms with Crippen molar-refractivity contribution in [1.29, 1.82) is 0 Å². The SMILES string of the molecule is CC(c1ccccc1F)N(C)C(=O)Cn1ncc(=O)c2ccccc21. The van der Waals surface area contributed by atoms with Crippen LogP contribution in [0.3, 0.4) is 0 Å². The first-order valence-electron chi connectivity index (χ1n) is 7.94. The smallest absolute Gasteiger partial charge is 0.244 e. The molecule has 0 aliphatic rings. The monoisotopic (exact) mass is 339 g/mol. The van der Waals surface area contributed by atoms with Crippen molar-refractivity contribution >= 4 is 16.8 Å². The van der Waals surface area contributed by atoms with Crippen LogP contribution >= 0.6 is 0 Å². The third kappa shape index (κ3) is 3.28. The molecule has 0 fully saturated rings. The largest absolute Gasteiger partial charge is 0.337 e. The van der Waals surface area contributed by atoms with Crippen LogP contribution in [0.15, 0.2) is 59.5 Å². The fourth-order valence-corrected chi connectivity index (χ4v) is 2.77. The standard InChI is InChI=1S/C19H18FN3O2/c1-13(14-7-3-5-9-16(14)20)22(2)19(25)12-23-17-10-6-4-8-15(17)18(24)11-21-23/h3-11,13H,12H2,1-2H3. The minimum atomic E-state index is -0.417. The number of hydrogen-bond donors (Lipinski definition) is 0. The molecule has 5 nitrogen and oxygen atoms in total. The quantitative estimate of drug-likeness (QED) is 0.734. The minimum absolute atomic E-state index is 0.0317. The molecule has 0 saturated heterocycles. The van der Waals surface area contributed by atoms with E-state index < -0.39 is 6.04 Å². The van der Waals surface area contributed by atoms with E-state index in [4.69, 9.17) is 0 Å². The summed E-state index contributed by atoms with van der Waals surface area (Å²) in [6, 6.07) is 13.0. The van der Waals surface area contributed by atoms with Crippen molar-refractivity contribution in [3.63, 3.8) is 0 Å². The molecule has 0 aliphatic carbocycles. The van der Waals surface area contributed by atoms with Gasteiger partial charge in [0.05, 0.1) is 17.8 Å². The number of para-hydroxylation sites is 1. The number of likely N-dealkylation sites (N-methyl/N-ethyl adjacent to an activating group) is 1. The summed E-state index contributed by atoms with van der Waals surface area (Å²) in [7, 11) is 1.63. The lowest BCUT2D eigenvalue weighted by molar-refractivity contribution is -0.132. The number of benzene rings is 2. The lowest BCUT2D eigenvalue weighted by atomic mass is 10.1. The van der Waals surface area contributed by atoms with Crippen LogP contribution in [0.4, 0.5) is 4.39 Å². The Morgan fingerprint density at radius 3 is 2.64 bits per heavy atom. The fourth-order valence-electron chi connectivity index (χ4n) is 2.77. The summed E-state index contributed by atoms with van der Waals surface area (Å²) in [5.74, 6) is -0.571.